The lowest BCUT2D eigenvalue weighted by Gasteiger charge is -2.03. The Bertz CT molecular complexity index is 472. The fourth-order valence-electron chi connectivity index (χ4n) is 0.966. The van der Waals surface area contributed by atoms with E-state index in [9.17, 15) is 10.1 Å². The van der Waals surface area contributed by atoms with Crippen molar-refractivity contribution in [2.24, 2.45) is 10.9 Å². The van der Waals surface area contributed by atoms with E-state index in [4.69, 9.17) is 21.1 Å². The minimum Gasteiger partial charge on any atom is -0.396 e. The van der Waals surface area contributed by atoms with Crippen LogP contribution >= 0.6 is 0 Å². The number of nitrogens with two attached hydrogens (primary N) is 1. The summed E-state index contributed by atoms with van der Waals surface area (Å²) in [5, 5.41) is 30.1. The first-order valence-corrected chi connectivity index (χ1v) is 4.58. The molecule has 0 spiro atoms. The highest BCUT2D eigenvalue weighted by molar-refractivity contribution is 5.92. The standard InChI is InChI=1S/C8H10N4O3.HNO3/c1-15-11-8(9)10-6-3-2-4-7(5-6)12(13)14;2-1(3)4/h2-5H,1H3,(H3,9,10,11);(H,2,3,4). The van der Waals surface area contributed by atoms with Crippen LogP contribution in [-0.2, 0) is 4.84 Å². The third-order valence-electron chi connectivity index (χ3n) is 1.52. The van der Waals surface area contributed by atoms with Gasteiger partial charge in [-0.1, -0.05) is 6.07 Å². The van der Waals surface area contributed by atoms with Gasteiger partial charge in [0.2, 0.25) is 5.96 Å². The smallest absolute Gasteiger partial charge is 0.291 e. The highest BCUT2D eigenvalue weighted by atomic mass is 16.9. The molecule has 0 atom stereocenters. The van der Waals surface area contributed by atoms with Gasteiger partial charge in [-0.05, 0) is 11.2 Å². The van der Waals surface area contributed by atoms with Crippen molar-refractivity contribution in [1.29, 1.82) is 0 Å². The summed E-state index contributed by atoms with van der Waals surface area (Å²) in [4.78, 5) is 22.7. The quantitative estimate of drug-likeness (QED) is 0.310. The Morgan fingerprint density at radius 3 is 2.53 bits per heavy atom. The van der Waals surface area contributed by atoms with E-state index in [2.05, 4.69) is 15.3 Å². The molecule has 1 aromatic carbocycles. The summed E-state index contributed by atoms with van der Waals surface area (Å²) >= 11 is 0. The number of nitrogens with zero attached hydrogens (tertiary/aromatic N) is 3. The maximum Gasteiger partial charge on any atom is 0.291 e. The molecule has 0 saturated heterocycles. The Morgan fingerprint density at radius 1 is 1.47 bits per heavy atom. The van der Waals surface area contributed by atoms with Crippen molar-refractivity contribution >= 4 is 17.3 Å². The van der Waals surface area contributed by atoms with E-state index in [-0.39, 0.29) is 11.6 Å². The molecule has 0 aliphatic carbocycles. The molecule has 0 aliphatic heterocycles. The second-order valence-electron chi connectivity index (χ2n) is 2.83. The molecular weight excluding hydrogens is 262 g/mol. The molecule has 0 aromatic heterocycles. The average molecular weight is 273 g/mol. The summed E-state index contributed by atoms with van der Waals surface area (Å²) in [5.41, 5.74) is 5.84. The van der Waals surface area contributed by atoms with Crippen LogP contribution < -0.4 is 11.1 Å². The monoisotopic (exact) mass is 273 g/mol. The van der Waals surface area contributed by atoms with Gasteiger partial charge in [-0.3, -0.25) is 10.1 Å². The van der Waals surface area contributed by atoms with Crippen LogP contribution in [0.15, 0.2) is 29.4 Å². The summed E-state index contributed by atoms with van der Waals surface area (Å²) in [5.74, 6) is 0.0259. The zero-order valence-corrected chi connectivity index (χ0v) is 9.72. The van der Waals surface area contributed by atoms with E-state index in [1.165, 1.54) is 19.2 Å². The molecule has 0 amide bonds. The molecule has 1 rings (SSSR count). The van der Waals surface area contributed by atoms with Gasteiger partial charge in [-0.15, -0.1) is 10.1 Å². The lowest BCUT2D eigenvalue weighted by atomic mass is 10.3. The number of guanidine groups is 1. The third-order valence-corrected chi connectivity index (χ3v) is 1.52. The number of hydrogen-bond acceptors (Lipinski definition) is 6. The molecule has 0 bridgehead atoms. The molecule has 4 N–H and O–H groups in total. The predicted molar refractivity (Wildman–Crippen MR) is 64.1 cm³/mol. The van der Waals surface area contributed by atoms with E-state index >= 15 is 0 Å². The maximum absolute atomic E-state index is 10.5. The van der Waals surface area contributed by atoms with Crippen molar-refractivity contribution in [3.63, 3.8) is 0 Å². The Morgan fingerprint density at radius 2 is 2.05 bits per heavy atom. The van der Waals surface area contributed by atoms with Crippen LogP contribution in [0.25, 0.3) is 0 Å². The molecule has 0 saturated carbocycles. The van der Waals surface area contributed by atoms with Gasteiger partial charge < -0.3 is 21.1 Å². The second-order valence-corrected chi connectivity index (χ2v) is 2.83. The van der Waals surface area contributed by atoms with Crippen LogP contribution in [0.5, 0.6) is 0 Å². The number of benzene rings is 1. The van der Waals surface area contributed by atoms with Crippen molar-refractivity contribution < 1.29 is 20.1 Å². The Kier molecular flexibility index (Phi) is 6.73. The second kappa shape index (κ2) is 8.05. The van der Waals surface area contributed by atoms with Gasteiger partial charge in [0.05, 0.1) is 4.92 Å². The van der Waals surface area contributed by atoms with Crippen molar-refractivity contribution in [2.75, 3.05) is 12.4 Å². The van der Waals surface area contributed by atoms with E-state index in [0.717, 1.165) is 0 Å². The lowest BCUT2D eigenvalue weighted by molar-refractivity contribution is -0.742. The summed E-state index contributed by atoms with van der Waals surface area (Å²) in [6.07, 6.45) is 0. The summed E-state index contributed by atoms with van der Waals surface area (Å²) in [6.45, 7) is 0. The van der Waals surface area contributed by atoms with E-state index in [0.29, 0.717) is 5.69 Å². The van der Waals surface area contributed by atoms with Crippen LogP contribution in [0.2, 0.25) is 0 Å². The fraction of sp³-hybridized carbons (Fsp3) is 0.125. The van der Waals surface area contributed by atoms with Gasteiger partial charge in [0.1, 0.15) is 7.11 Å². The van der Waals surface area contributed by atoms with Crippen molar-refractivity contribution in [3.8, 4) is 0 Å². The lowest BCUT2D eigenvalue weighted by Crippen LogP contribution is -2.22. The number of nitrogens with one attached hydrogen (secondary N) is 1. The Hall–Kier alpha value is -3.11. The number of oxime groups is 1. The SMILES string of the molecule is CON=C(N)Nc1cccc([N+](=O)[O-])c1.O=[N+]([O-])O. The maximum atomic E-state index is 10.5. The number of anilines is 1. The molecule has 104 valence electrons. The van der Waals surface area contributed by atoms with Gasteiger partial charge in [0.15, 0.2) is 0 Å². The average Bonchev–Trinajstić information content (AvgIpc) is 2.28. The molecule has 0 fully saturated rings. The van der Waals surface area contributed by atoms with Gasteiger partial charge >= 0.3 is 0 Å². The zero-order chi connectivity index (χ0) is 14.8. The van der Waals surface area contributed by atoms with Crippen LogP contribution in [0.4, 0.5) is 11.4 Å². The van der Waals surface area contributed by atoms with Gasteiger partial charge in [-0.25, -0.2) is 0 Å². The molecule has 0 heterocycles. The Labute approximate surface area is 106 Å². The molecular formula is C8H11N5O6. The van der Waals surface area contributed by atoms with Crippen molar-refractivity contribution in [2.45, 2.75) is 0 Å². The number of nitro groups is 1. The van der Waals surface area contributed by atoms with E-state index < -0.39 is 10.0 Å². The van der Waals surface area contributed by atoms with Crippen LogP contribution in [0.1, 0.15) is 0 Å². The number of hydrogen-bond donors (Lipinski definition) is 3. The number of nitro benzene ring substituents is 1. The van der Waals surface area contributed by atoms with Gasteiger partial charge in [0, 0.05) is 17.8 Å². The minimum atomic E-state index is -1.50. The highest BCUT2D eigenvalue weighted by Gasteiger charge is 2.05. The van der Waals surface area contributed by atoms with Gasteiger partial charge in [0.25, 0.3) is 10.8 Å². The minimum absolute atomic E-state index is 0.0229. The fourth-order valence-corrected chi connectivity index (χ4v) is 0.966. The normalized spacial score (nSPS) is 9.84. The summed E-state index contributed by atoms with van der Waals surface area (Å²) in [6, 6.07) is 5.90. The molecule has 0 aliphatic rings. The number of non-ortho nitro benzene ring substituents is 1. The zero-order valence-electron chi connectivity index (χ0n) is 9.72. The van der Waals surface area contributed by atoms with Crippen LogP contribution in [-0.4, -0.2) is 28.3 Å². The first-order chi connectivity index (χ1) is 8.86. The van der Waals surface area contributed by atoms with Crippen molar-refractivity contribution in [3.05, 3.63) is 44.5 Å². The van der Waals surface area contributed by atoms with E-state index in [1.54, 1.807) is 12.1 Å². The molecule has 0 unspecified atom stereocenters. The Balaban J connectivity index is 0.000000711. The van der Waals surface area contributed by atoms with Crippen LogP contribution in [0.3, 0.4) is 0 Å². The summed E-state index contributed by atoms with van der Waals surface area (Å²) in [7, 11) is 1.35. The molecule has 0 radical (unpaired) electrons. The first-order valence-electron chi connectivity index (χ1n) is 4.58. The molecule has 1 aromatic rings. The topological polar surface area (TPSA) is 166 Å². The van der Waals surface area contributed by atoms with Crippen LogP contribution in [0, 0.1) is 20.2 Å². The van der Waals surface area contributed by atoms with E-state index in [1.807, 2.05) is 0 Å². The first kappa shape index (κ1) is 15.9. The largest absolute Gasteiger partial charge is 0.396 e. The van der Waals surface area contributed by atoms with Crippen molar-refractivity contribution in [1.82, 2.24) is 0 Å². The number of rotatable bonds is 3. The summed E-state index contributed by atoms with van der Waals surface area (Å²) < 4.78 is 0. The van der Waals surface area contributed by atoms with Gasteiger partial charge in [-0.2, -0.15) is 0 Å². The molecule has 11 heteroatoms. The molecule has 19 heavy (non-hydrogen) atoms. The highest BCUT2D eigenvalue weighted by Crippen LogP contribution is 2.16. The molecule has 11 nitrogen and oxygen atoms in total. The predicted octanol–water partition coefficient (Wildman–Crippen LogP) is 0.535. The third kappa shape index (κ3) is 7.73.